The lowest BCUT2D eigenvalue weighted by atomic mass is 9.97. The fourth-order valence-electron chi connectivity index (χ4n) is 2.67. The molecule has 0 radical (unpaired) electrons. The Morgan fingerprint density at radius 3 is 2.53 bits per heavy atom. The van der Waals surface area contributed by atoms with E-state index < -0.39 is 0 Å². The molecular weight excluding hydrogens is 264 g/mol. The zero-order chi connectivity index (χ0) is 13.8. The number of hydrogen-bond acceptors (Lipinski definition) is 3. The predicted molar refractivity (Wildman–Crippen MR) is 75.5 cm³/mol. The van der Waals surface area contributed by atoms with Crippen LogP contribution in [0.2, 0.25) is 5.02 Å². The van der Waals surface area contributed by atoms with E-state index in [1.54, 1.807) is 19.2 Å². The van der Waals surface area contributed by atoms with Crippen molar-refractivity contribution in [3.8, 4) is 11.5 Å². The second-order valence-electron chi connectivity index (χ2n) is 4.97. The van der Waals surface area contributed by atoms with Crippen molar-refractivity contribution in [2.75, 3.05) is 14.2 Å². The van der Waals surface area contributed by atoms with E-state index >= 15 is 0 Å². The molecule has 1 aliphatic carbocycles. The molecule has 1 fully saturated rings. The SMILES string of the molecule is COc1cc(C(=O)CC2CCCC2)cc(Cl)c1OC. The highest BCUT2D eigenvalue weighted by atomic mass is 35.5. The second kappa shape index (κ2) is 6.29. The molecule has 1 aromatic rings. The van der Waals surface area contributed by atoms with Gasteiger partial charge in [-0.05, 0) is 18.1 Å². The number of carbonyl (C=O) groups excluding carboxylic acids is 1. The van der Waals surface area contributed by atoms with Gasteiger partial charge in [-0.1, -0.05) is 37.3 Å². The van der Waals surface area contributed by atoms with Crippen LogP contribution in [0.1, 0.15) is 42.5 Å². The summed E-state index contributed by atoms with van der Waals surface area (Å²) in [5, 5.41) is 0.414. The van der Waals surface area contributed by atoms with Gasteiger partial charge in [-0.2, -0.15) is 0 Å². The molecule has 19 heavy (non-hydrogen) atoms. The molecule has 0 aromatic heterocycles. The molecule has 1 aromatic carbocycles. The number of carbonyl (C=O) groups is 1. The number of hydrogen-bond donors (Lipinski definition) is 0. The molecule has 0 saturated heterocycles. The van der Waals surface area contributed by atoms with Crippen LogP contribution in [0.25, 0.3) is 0 Å². The van der Waals surface area contributed by atoms with Crippen molar-refractivity contribution >= 4 is 17.4 Å². The summed E-state index contributed by atoms with van der Waals surface area (Å²) in [7, 11) is 3.07. The number of halogens is 1. The quantitative estimate of drug-likeness (QED) is 0.762. The normalized spacial score (nSPS) is 15.5. The van der Waals surface area contributed by atoms with Gasteiger partial charge < -0.3 is 9.47 Å². The van der Waals surface area contributed by atoms with Crippen LogP contribution in [0.15, 0.2) is 12.1 Å². The van der Waals surface area contributed by atoms with Crippen molar-refractivity contribution < 1.29 is 14.3 Å². The summed E-state index contributed by atoms with van der Waals surface area (Å²) >= 11 is 6.12. The smallest absolute Gasteiger partial charge is 0.179 e. The summed E-state index contributed by atoms with van der Waals surface area (Å²) in [6.07, 6.45) is 5.40. The summed E-state index contributed by atoms with van der Waals surface area (Å²) in [6.45, 7) is 0. The maximum absolute atomic E-state index is 12.3. The average molecular weight is 283 g/mol. The van der Waals surface area contributed by atoms with Gasteiger partial charge in [0, 0.05) is 12.0 Å². The van der Waals surface area contributed by atoms with Gasteiger partial charge in [-0.3, -0.25) is 4.79 Å². The minimum Gasteiger partial charge on any atom is -0.493 e. The molecule has 104 valence electrons. The second-order valence-corrected chi connectivity index (χ2v) is 5.38. The third-order valence-corrected chi connectivity index (χ3v) is 3.99. The summed E-state index contributed by atoms with van der Waals surface area (Å²) in [5.41, 5.74) is 0.606. The number of methoxy groups -OCH3 is 2. The van der Waals surface area contributed by atoms with Crippen LogP contribution in [-0.4, -0.2) is 20.0 Å². The molecule has 4 heteroatoms. The number of ketones is 1. The molecule has 0 amide bonds. The van der Waals surface area contributed by atoms with E-state index in [2.05, 4.69) is 0 Å². The summed E-state index contributed by atoms with van der Waals surface area (Å²) in [6, 6.07) is 3.38. The van der Waals surface area contributed by atoms with Gasteiger partial charge in [-0.25, -0.2) is 0 Å². The van der Waals surface area contributed by atoms with Crippen molar-refractivity contribution in [3.05, 3.63) is 22.7 Å². The first kappa shape index (κ1) is 14.2. The Hall–Kier alpha value is -1.22. The summed E-state index contributed by atoms with van der Waals surface area (Å²) in [5.74, 6) is 1.64. The Kier molecular flexibility index (Phi) is 4.70. The lowest BCUT2D eigenvalue weighted by Crippen LogP contribution is -2.06. The first-order valence-electron chi connectivity index (χ1n) is 6.60. The van der Waals surface area contributed by atoms with Crippen LogP contribution in [0.5, 0.6) is 11.5 Å². The molecule has 0 heterocycles. The molecular formula is C15H19ClO3. The van der Waals surface area contributed by atoms with Gasteiger partial charge in [0.1, 0.15) is 0 Å². The van der Waals surface area contributed by atoms with Crippen molar-refractivity contribution in [1.29, 1.82) is 0 Å². The van der Waals surface area contributed by atoms with Gasteiger partial charge in [0.05, 0.1) is 19.2 Å². The highest BCUT2D eigenvalue weighted by Gasteiger charge is 2.21. The lowest BCUT2D eigenvalue weighted by Gasteiger charge is -2.12. The maximum Gasteiger partial charge on any atom is 0.179 e. The van der Waals surface area contributed by atoms with E-state index in [9.17, 15) is 4.79 Å². The van der Waals surface area contributed by atoms with Crippen LogP contribution in [0.4, 0.5) is 0 Å². The van der Waals surface area contributed by atoms with Crippen molar-refractivity contribution in [3.63, 3.8) is 0 Å². The van der Waals surface area contributed by atoms with Crippen LogP contribution in [0.3, 0.4) is 0 Å². The molecule has 2 rings (SSSR count). The Morgan fingerprint density at radius 1 is 1.26 bits per heavy atom. The molecule has 1 aliphatic rings. The van der Waals surface area contributed by atoms with E-state index in [-0.39, 0.29) is 5.78 Å². The van der Waals surface area contributed by atoms with Crippen LogP contribution < -0.4 is 9.47 Å². The van der Waals surface area contributed by atoms with E-state index in [0.29, 0.717) is 34.4 Å². The lowest BCUT2D eigenvalue weighted by molar-refractivity contribution is 0.0961. The topological polar surface area (TPSA) is 35.5 Å². The number of rotatable bonds is 5. The van der Waals surface area contributed by atoms with Crippen LogP contribution >= 0.6 is 11.6 Å². The molecule has 1 saturated carbocycles. The average Bonchev–Trinajstić information content (AvgIpc) is 2.90. The van der Waals surface area contributed by atoms with Crippen molar-refractivity contribution in [2.24, 2.45) is 5.92 Å². The van der Waals surface area contributed by atoms with Crippen LogP contribution in [-0.2, 0) is 0 Å². The summed E-state index contributed by atoms with van der Waals surface area (Å²) in [4.78, 5) is 12.3. The number of Topliss-reactive ketones (excluding diaryl/α,β-unsaturated/α-hetero) is 1. The first-order valence-corrected chi connectivity index (χ1v) is 6.98. The van der Waals surface area contributed by atoms with Gasteiger partial charge in [0.2, 0.25) is 0 Å². The minimum atomic E-state index is 0.134. The van der Waals surface area contributed by atoms with Crippen LogP contribution in [0, 0.1) is 5.92 Å². The Balaban J connectivity index is 2.19. The third-order valence-electron chi connectivity index (χ3n) is 3.70. The number of benzene rings is 1. The maximum atomic E-state index is 12.3. The van der Waals surface area contributed by atoms with Gasteiger partial charge >= 0.3 is 0 Å². The molecule has 0 unspecified atom stereocenters. The first-order chi connectivity index (χ1) is 9.15. The number of ether oxygens (including phenoxy) is 2. The molecule has 3 nitrogen and oxygen atoms in total. The molecule has 0 spiro atoms. The molecule has 0 bridgehead atoms. The fraction of sp³-hybridized carbons (Fsp3) is 0.533. The monoisotopic (exact) mass is 282 g/mol. The summed E-state index contributed by atoms with van der Waals surface area (Å²) < 4.78 is 10.4. The highest BCUT2D eigenvalue weighted by molar-refractivity contribution is 6.32. The Bertz CT molecular complexity index is 465. The van der Waals surface area contributed by atoms with Gasteiger partial charge in [-0.15, -0.1) is 0 Å². The van der Waals surface area contributed by atoms with E-state index in [1.807, 2.05) is 0 Å². The molecule has 0 N–H and O–H groups in total. The van der Waals surface area contributed by atoms with Gasteiger partial charge in [0.25, 0.3) is 0 Å². The molecule has 0 atom stereocenters. The molecule has 0 aliphatic heterocycles. The largest absolute Gasteiger partial charge is 0.493 e. The van der Waals surface area contributed by atoms with Crippen molar-refractivity contribution in [2.45, 2.75) is 32.1 Å². The van der Waals surface area contributed by atoms with E-state index in [4.69, 9.17) is 21.1 Å². The fourth-order valence-corrected chi connectivity index (χ4v) is 2.96. The standard InChI is InChI=1S/C15H19ClO3/c1-18-14-9-11(8-12(16)15(14)19-2)13(17)7-10-5-3-4-6-10/h8-10H,3-7H2,1-2H3. The van der Waals surface area contributed by atoms with E-state index in [0.717, 1.165) is 12.8 Å². The Labute approximate surface area is 118 Å². The third kappa shape index (κ3) is 3.21. The Morgan fingerprint density at radius 2 is 1.95 bits per heavy atom. The zero-order valence-corrected chi connectivity index (χ0v) is 12.1. The van der Waals surface area contributed by atoms with E-state index in [1.165, 1.54) is 20.0 Å². The highest BCUT2D eigenvalue weighted by Crippen LogP contribution is 2.37. The zero-order valence-electron chi connectivity index (χ0n) is 11.4. The minimum absolute atomic E-state index is 0.134. The predicted octanol–water partition coefficient (Wildman–Crippen LogP) is 4.12. The van der Waals surface area contributed by atoms with Gasteiger partial charge in [0.15, 0.2) is 17.3 Å². The van der Waals surface area contributed by atoms with Crippen molar-refractivity contribution in [1.82, 2.24) is 0 Å².